The molecule has 0 heterocycles. The van der Waals surface area contributed by atoms with Crippen LogP contribution in [-0.2, 0) is 0 Å². The van der Waals surface area contributed by atoms with Gasteiger partial charge in [0.25, 0.3) is 5.91 Å². The molecule has 0 aromatic heterocycles. The fourth-order valence-corrected chi connectivity index (χ4v) is 3.22. The van der Waals surface area contributed by atoms with E-state index in [0.29, 0.717) is 24.2 Å². The molecule has 0 radical (unpaired) electrons. The van der Waals surface area contributed by atoms with E-state index in [1.54, 1.807) is 30.3 Å². The Morgan fingerprint density at radius 2 is 1.89 bits per heavy atom. The molecule has 0 aliphatic heterocycles. The number of hydrogen-bond donors (Lipinski definition) is 3. The molecular formula is C20H22FNO5. The third kappa shape index (κ3) is 4.37. The van der Waals surface area contributed by atoms with Crippen molar-refractivity contribution in [3.05, 3.63) is 59.9 Å². The van der Waals surface area contributed by atoms with Gasteiger partial charge in [-0.2, -0.15) is 0 Å². The highest BCUT2D eigenvalue weighted by Gasteiger charge is 2.39. The summed E-state index contributed by atoms with van der Waals surface area (Å²) in [4.78, 5) is 12.5. The molecule has 0 saturated heterocycles. The zero-order valence-electron chi connectivity index (χ0n) is 14.8. The van der Waals surface area contributed by atoms with Crippen LogP contribution in [0.1, 0.15) is 23.2 Å². The van der Waals surface area contributed by atoms with Crippen LogP contribution >= 0.6 is 0 Å². The summed E-state index contributed by atoms with van der Waals surface area (Å²) in [5, 5.41) is 23.5. The fraction of sp³-hybridized carbons (Fsp3) is 0.350. The van der Waals surface area contributed by atoms with Crippen molar-refractivity contribution in [2.45, 2.75) is 37.2 Å². The maximum atomic E-state index is 13.3. The van der Waals surface area contributed by atoms with Gasteiger partial charge in [0.2, 0.25) is 0 Å². The van der Waals surface area contributed by atoms with E-state index in [4.69, 9.17) is 9.47 Å². The molecular weight excluding hydrogens is 353 g/mol. The van der Waals surface area contributed by atoms with Gasteiger partial charge in [-0.15, -0.1) is 0 Å². The third-order valence-electron chi connectivity index (χ3n) is 4.66. The summed E-state index contributed by atoms with van der Waals surface area (Å²) >= 11 is 0. The van der Waals surface area contributed by atoms with Gasteiger partial charge in [0, 0.05) is 6.07 Å². The van der Waals surface area contributed by atoms with E-state index >= 15 is 0 Å². The van der Waals surface area contributed by atoms with Crippen molar-refractivity contribution >= 4 is 5.91 Å². The molecule has 6 nitrogen and oxygen atoms in total. The molecule has 3 rings (SSSR count). The summed E-state index contributed by atoms with van der Waals surface area (Å²) in [6.45, 7) is 0. The lowest BCUT2D eigenvalue weighted by Crippen LogP contribution is -2.57. The zero-order chi connectivity index (χ0) is 19.4. The minimum absolute atomic E-state index is 0.280. The third-order valence-corrected chi connectivity index (χ3v) is 4.66. The van der Waals surface area contributed by atoms with Gasteiger partial charge < -0.3 is 25.0 Å². The molecule has 1 fully saturated rings. The highest BCUT2D eigenvalue weighted by molar-refractivity contribution is 5.97. The number of carbonyl (C=O) groups is 1. The topological polar surface area (TPSA) is 88.0 Å². The van der Waals surface area contributed by atoms with Gasteiger partial charge in [-0.25, -0.2) is 4.39 Å². The number of benzene rings is 2. The van der Waals surface area contributed by atoms with Crippen molar-refractivity contribution in [2.24, 2.45) is 0 Å². The van der Waals surface area contributed by atoms with Crippen molar-refractivity contribution in [2.75, 3.05) is 7.11 Å². The minimum Gasteiger partial charge on any atom is -0.496 e. The predicted molar refractivity (Wildman–Crippen MR) is 96.3 cm³/mol. The summed E-state index contributed by atoms with van der Waals surface area (Å²) < 4.78 is 24.1. The van der Waals surface area contributed by atoms with E-state index in [2.05, 4.69) is 5.32 Å². The molecule has 1 aliphatic rings. The van der Waals surface area contributed by atoms with Crippen LogP contribution in [0.2, 0.25) is 0 Å². The second kappa shape index (κ2) is 8.37. The average molecular weight is 375 g/mol. The van der Waals surface area contributed by atoms with E-state index in [9.17, 15) is 19.4 Å². The highest BCUT2D eigenvalue weighted by Crippen LogP contribution is 2.26. The molecule has 1 saturated carbocycles. The smallest absolute Gasteiger partial charge is 0.255 e. The first kappa shape index (κ1) is 19.1. The number of halogens is 1. The Labute approximate surface area is 156 Å². The maximum Gasteiger partial charge on any atom is 0.255 e. The van der Waals surface area contributed by atoms with E-state index < -0.39 is 36.1 Å². The molecule has 0 bridgehead atoms. The van der Waals surface area contributed by atoms with Gasteiger partial charge in [0.1, 0.15) is 35.6 Å². The summed E-state index contributed by atoms with van der Waals surface area (Å²) in [6.07, 6.45) is -2.33. The quantitative estimate of drug-likeness (QED) is 0.743. The fourth-order valence-electron chi connectivity index (χ4n) is 3.22. The number of aliphatic hydroxyl groups is 2. The molecule has 0 unspecified atom stereocenters. The van der Waals surface area contributed by atoms with Gasteiger partial charge in [-0.1, -0.05) is 18.2 Å². The largest absolute Gasteiger partial charge is 0.496 e. The molecule has 2 aromatic rings. The van der Waals surface area contributed by atoms with Gasteiger partial charge in [-0.3, -0.25) is 4.79 Å². The lowest BCUT2D eigenvalue weighted by Gasteiger charge is -2.37. The number of carbonyl (C=O) groups excluding carboxylic acids is 1. The second-order valence-corrected chi connectivity index (χ2v) is 6.45. The lowest BCUT2D eigenvalue weighted by molar-refractivity contribution is -0.0874. The Balaban J connectivity index is 1.64. The van der Waals surface area contributed by atoms with Crippen molar-refractivity contribution < 1.29 is 28.9 Å². The number of nitrogens with one attached hydrogen (secondary N) is 1. The summed E-state index contributed by atoms with van der Waals surface area (Å²) in [7, 11) is 1.47. The number of methoxy groups -OCH3 is 1. The molecule has 7 heteroatoms. The number of para-hydroxylation sites is 1. The molecule has 3 N–H and O–H groups in total. The van der Waals surface area contributed by atoms with Crippen LogP contribution < -0.4 is 14.8 Å². The average Bonchev–Trinajstić information content (AvgIpc) is 2.67. The number of ether oxygens (including phenoxy) is 2. The number of aliphatic hydroxyl groups excluding tert-OH is 2. The molecule has 0 spiro atoms. The van der Waals surface area contributed by atoms with Crippen molar-refractivity contribution in [3.8, 4) is 11.5 Å². The molecule has 4 atom stereocenters. The predicted octanol–water partition coefficient (Wildman–Crippen LogP) is 1.90. The van der Waals surface area contributed by atoms with Crippen molar-refractivity contribution in [3.63, 3.8) is 0 Å². The highest BCUT2D eigenvalue weighted by atomic mass is 19.1. The maximum absolute atomic E-state index is 13.3. The first-order valence-electron chi connectivity index (χ1n) is 8.72. The standard InChI is InChI=1S/C20H22FNO5/c1-26-16-8-3-2-7-14(16)20(25)22-15-9-10-17(19(24)18(15)23)27-13-6-4-5-12(21)11-13/h2-8,11,15,17-19,23-24H,9-10H2,1H3,(H,22,25)/t15-,17-,18-,19-/m1/s1. The van der Waals surface area contributed by atoms with Crippen LogP contribution in [0.25, 0.3) is 0 Å². The number of amides is 1. The van der Waals surface area contributed by atoms with Crippen molar-refractivity contribution in [1.29, 1.82) is 0 Å². The molecule has 144 valence electrons. The normalized spacial score (nSPS) is 24.9. The SMILES string of the molecule is COc1ccccc1C(=O)N[C@@H]1CC[C@@H](Oc2cccc(F)c2)[C@@H](O)[C@@H]1O. The summed E-state index contributed by atoms with van der Waals surface area (Å²) in [5.74, 6) is -0.135. The van der Waals surface area contributed by atoms with Crippen molar-refractivity contribution in [1.82, 2.24) is 5.32 Å². The van der Waals surface area contributed by atoms with Crippen LogP contribution in [0.5, 0.6) is 11.5 Å². The van der Waals surface area contributed by atoms with Crippen LogP contribution in [0.3, 0.4) is 0 Å². The van der Waals surface area contributed by atoms with E-state index in [1.165, 1.54) is 25.3 Å². The number of rotatable bonds is 5. The van der Waals surface area contributed by atoms with E-state index in [-0.39, 0.29) is 5.75 Å². The molecule has 2 aromatic carbocycles. The Bertz CT molecular complexity index is 799. The van der Waals surface area contributed by atoms with Crippen LogP contribution in [0.15, 0.2) is 48.5 Å². The molecule has 27 heavy (non-hydrogen) atoms. The zero-order valence-corrected chi connectivity index (χ0v) is 14.8. The van der Waals surface area contributed by atoms with Crippen LogP contribution in [-0.4, -0.2) is 47.6 Å². The molecule has 1 amide bonds. The van der Waals surface area contributed by atoms with E-state index in [0.717, 1.165) is 0 Å². The van der Waals surface area contributed by atoms with Gasteiger partial charge in [0.05, 0.1) is 18.7 Å². The van der Waals surface area contributed by atoms with Gasteiger partial charge in [0.15, 0.2) is 0 Å². The van der Waals surface area contributed by atoms with Gasteiger partial charge >= 0.3 is 0 Å². The second-order valence-electron chi connectivity index (χ2n) is 6.45. The Kier molecular flexibility index (Phi) is 5.93. The summed E-state index contributed by atoms with van der Waals surface area (Å²) in [6, 6.07) is 11.7. The van der Waals surface area contributed by atoms with E-state index in [1.807, 2.05) is 0 Å². The Morgan fingerprint density at radius 1 is 1.11 bits per heavy atom. The lowest BCUT2D eigenvalue weighted by atomic mass is 9.87. The monoisotopic (exact) mass is 375 g/mol. The first-order valence-corrected chi connectivity index (χ1v) is 8.72. The molecule has 1 aliphatic carbocycles. The Morgan fingerprint density at radius 3 is 2.63 bits per heavy atom. The number of hydrogen-bond acceptors (Lipinski definition) is 5. The Hall–Kier alpha value is -2.64. The summed E-state index contributed by atoms with van der Waals surface area (Å²) in [5.41, 5.74) is 0.347. The van der Waals surface area contributed by atoms with Gasteiger partial charge in [-0.05, 0) is 37.1 Å². The van der Waals surface area contributed by atoms with Crippen LogP contribution in [0.4, 0.5) is 4.39 Å². The van der Waals surface area contributed by atoms with Crippen LogP contribution in [0, 0.1) is 5.82 Å². The first-order chi connectivity index (χ1) is 13.0. The minimum atomic E-state index is -1.22.